The van der Waals surface area contributed by atoms with Crippen LogP contribution in [0.5, 0.6) is 5.75 Å². The zero-order valence-electron chi connectivity index (χ0n) is 15.8. The second-order valence-corrected chi connectivity index (χ2v) is 8.07. The van der Waals surface area contributed by atoms with E-state index in [4.69, 9.17) is 4.74 Å². The van der Waals surface area contributed by atoms with Crippen LogP contribution < -0.4 is 22.5 Å². The lowest BCUT2D eigenvalue weighted by Gasteiger charge is -2.13. The first-order chi connectivity index (χ1) is 13.6. The van der Waals surface area contributed by atoms with Gasteiger partial charge in [-0.1, -0.05) is 45.9 Å². The van der Waals surface area contributed by atoms with Gasteiger partial charge in [-0.25, -0.2) is 9.07 Å². The first-order valence-electron chi connectivity index (χ1n) is 8.84. The predicted octanol–water partition coefficient (Wildman–Crippen LogP) is 0.967. The molecule has 1 aromatic heterocycles. The van der Waals surface area contributed by atoms with Gasteiger partial charge in [-0.05, 0) is 47.7 Å². The van der Waals surface area contributed by atoms with Crippen molar-refractivity contribution in [3.05, 3.63) is 63.9 Å². The third kappa shape index (κ3) is 7.26. The Morgan fingerprint density at radius 1 is 1.21 bits per heavy atom. The van der Waals surface area contributed by atoms with Crippen LogP contribution in [0.4, 0.5) is 4.39 Å². The molecule has 2 aromatic carbocycles. The number of hydrogen-bond donors (Lipinski definition) is 1. The molecule has 1 N–H and O–H groups in total. The van der Waals surface area contributed by atoms with Gasteiger partial charge in [-0.3, -0.25) is 0 Å². The molecule has 10 heteroatoms. The van der Waals surface area contributed by atoms with Gasteiger partial charge in [0.05, 0.1) is 0 Å². The highest BCUT2D eigenvalue weighted by Gasteiger charge is 2.08. The molecule has 0 unspecified atom stereocenters. The number of benzene rings is 2. The number of rotatable bonds is 10. The van der Waals surface area contributed by atoms with E-state index in [0.717, 1.165) is 39.7 Å². The lowest BCUT2D eigenvalue weighted by Crippen LogP contribution is -3.00. The number of nitrogens with one attached hydrogen (secondary N) is 1. The summed E-state index contributed by atoms with van der Waals surface area (Å²) in [7, 11) is 1.83. The minimum Gasteiger partial charge on any atom is -1.00 e. The van der Waals surface area contributed by atoms with E-state index in [2.05, 4.69) is 36.8 Å². The minimum atomic E-state index is -0.255. The summed E-state index contributed by atoms with van der Waals surface area (Å²) < 4.78 is 22.3. The van der Waals surface area contributed by atoms with Crippen LogP contribution in [-0.2, 0) is 20.2 Å². The van der Waals surface area contributed by atoms with E-state index in [0.29, 0.717) is 12.1 Å². The Balaban J connectivity index is 0.00000300. The van der Waals surface area contributed by atoms with Crippen molar-refractivity contribution >= 4 is 27.7 Å². The fraction of sp³-hybridized carbons (Fsp3) is 0.316. The normalized spacial score (nSPS) is 10.6. The van der Waals surface area contributed by atoms with Crippen molar-refractivity contribution in [3.63, 3.8) is 0 Å². The second kappa shape index (κ2) is 12.1. The summed E-state index contributed by atoms with van der Waals surface area (Å²) in [5.41, 5.74) is 1.57. The zero-order valence-corrected chi connectivity index (χ0v) is 19.0. The molecule has 0 atom stereocenters. The van der Waals surface area contributed by atoms with Gasteiger partial charge in [0.1, 0.15) is 18.2 Å². The fourth-order valence-electron chi connectivity index (χ4n) is 2.53. The van der Waals surface area contributed by atoms with Crippen molar-refractivity contribution < 1.29 is 21.5 Å². The van der Waals surface area contributed by atoms with Crippen LogP contribution in [0.15, 0.2) is 52.1 Å². The maximum atomic E-state index is 13.8. The number of nitrogens with zero attached hydrogens (tertiary/aromatic N) is 4. The SMILES string of the molecule is Cn1nnnc1SCCCNCc1cc(Br)ccc1OCc1ccccc1F.[Cl-]. The van der Waals surface area contributed by atoms with Crippen LogP contribution in [0.3, 0.4) is 0 Å². The van der Waals surface area contributed by atoms with Crippen molar-refractivity contribution in [2.45, 2.75) is 24.7 Å². The van der Waals surface area contributed by atoms with Gasteiger partial charge < -0.3 is 22.5 Å². The third-order valence-electron chi connectivity index (χ3n) is 3.99. The third-order valence-corrected chi connectivity index (χ3v) is 5.58. The molecule has 0 saturated carbocycles. The molecule has 3 rings (SSSR count). The van der Waals surface area contributed by atoms with Crippen molar-refractivity contribution in [3.8, 4) is 5.75 Å². The number of aromatic nitrogens is 4. The van der Waals surface area contributed by atoms with Gasteiger partial charge in [0.2, 0.25) is 5.16 Å². The lowest BCUT2D eigenvalue weighted by atomic mass is 10.2. The predicted molar refractivity (Wildman–Crippen MR) is 111 cm³/mol. The monoisotopic (exact) mass is 500 g/mol. The van der Waals surface area contributed by atoms with Crippen molar-refractivity contribution in [2.75, 3.05) is 12.3 Å². The summed E-state index contributed by atoms with van der Waals surface area (Å²) in [4.78, 5) is 0. The first-order valence-corrected chi connectivity index (χ1v) is 10.6. The number of thioether (sulfide) groups is 1. The van der Waals surface area contributed by atoms with Crippen LogP contribution in [0.25, 0.3) is 0 Å². The largest absolute Gasteiger partial charge is 1.00 e. The quantitative estimate of drug-likeness (QED) is 0.330. The Labute approximate surface area is 188 Å². The van der Waals surface area contributed by atoms with E-state index in [9.17, 15) is 4.39 Å². The number of tetrazole rings is 1. The molecule has 0 aliphatic rings. The van der Waals surface area contributed by atoms with Crippen molar-refractivity contribution in [1.82, 2.24) is 25.5 Å². The highest BCUT2D eigenvalue weighted by atomic mass is 79.9. The van der Waals surface area contributed by atoms with Crippen LogP contribution in [0, 0.1) is 5.82 Å². The summed E-state index contributed by atoms with van der Waals surface area (Å²) in [5, 5.41) is 15.6. The van der Waals surface area contributed by atoms with Gasteiger partial charge in [0.25, 0.3) is 0 Å². The van der Waals surface area contributed by atoms with Gasteiger partial charge in [-0.2, -0.15) is 0 Å². The molecule has 156 valence electrons. The molecule has 0 radical (unpaired) electrons. The second-order valence-electron chi connectivity index (χ2n) is 6.10. The number of halogens is 3. The van der Waals surface area contributed by atoms with Crippen molar-refractivity contribution in [1.29, 1.82) is 0 Å². The Morgan fingerprint density at radius 2 is 2.03 bits per heavy atom. The lowest BCUT2D eigenvalue weighted by molar-refractivity contribution is -0.00000676. The zero-order chi connectivity index (χ0) is 19.8. The van der Waals surface area contributed by atoms with E-state index >= 15 is 0 Å². The summed E-state index contributed by atoms with van der Waals surface area (Å²) in [6, 6.07) is 12.5. The average molecular weight is 502 g/mol. The highest BCUT2D eigenvalue weighted by Crippen LogP contribution is 2.24. The van der Waals surface area contributed by atoms with Gasteiger partial charge in [-0.15, -0.1) is 5.10 Å². The molecule has 0 amide bonds. The molecule has 0 spiro atoms. The first kappa shape index (κ1) is 23.6. The molecule has 0 bridgehead atoms. The Morgan fingerprint density at radius 3 is 2.79 bits per heavy atom. The Kier molecular flexibility index (Phi) is 9.86. The van der Waals surface area contributed by atoms with Gasteiger partial charge in [0.15, 0.2) is 0 Å². The fourth-order valence-corrected chi connectivity index (χ4v) is 3.72. The van der Waals surface area contributed by atoms with Gasteiger partial charge in [0, 0.05) is 34.9 Å². The van der Waals surface area contributed by atoms with E-state index < -0.39 is 0 Å². The summed E-state index contributed by atoms with van der Waals surface area (Å²) >= 11 is 5.13. The molecular formula is C19H21BrClFN5OS-. The molecule has 1 heterocycles. The summed E-state index contributed by atoms with van der Waals surface area (Å²) in [6.45, 7) is 1.73. The van der Waals surface area contributed by atoms with Gasteiger partial charge >= 0.3 is 0 Å². The standard InChI is InChI=1S/C19H21BrFN5OS.ClH/c1-26-19(23-24-25-26)28-10-4-9-22-12-15-11-16(20)7-8-18(15)27-13-14-5-2-3-6-17(14)21;/h2-3,5-8,11,22H,4,9-10,12-13H2,1H3;1H/p-1. The minimum absolute atomic E-state index is 0. The van der Waals surface area contributed by atoms with Crippen LogP contribution in [0.1, 0.15) is 17.5 Å². The van der Waals surface area contributed by atoms with Crippen LogP contribution in [-0.4, -0.2) is 32.5 Å². The Bertz CT molecular complexity index is 914. The van der Waals surface area contributed by atoms with E-state index in [-0.39, 0.29) is 24.8 Å². The molecular weight excluding hydrogens is 481 g/mol. The summed E-state index contributed by atoms with van der Waals surface area (Å²) in [6.07, 6.45) is 0.983. The molecule has 6 nitrogen and oxygen atoms in total. The number of hydrogen-bond acceptors (Lipinski definition) is 6. The molecule has 0 fully saturated rings. The molecule has 0 saturated heterocycles. The van der Waals surface area contributed by atoms with Crippen molar-refractivity contribution in [2.24, 2.45) is 7.05 Å². The van der Waals surface area contributed by atoms with E-state index in [1.807, 2.05) is 25.2 Å². The number of ether oxygens (including phenoxy) is 1. The van der Waals surface area contributed by atoms with Crippen LogP contribution >= 0.6 is 27.7 Å². The summed E-state index contributed by atoms with van der Waals surface area (Å²) in [5.74, 6) is 1.42. The Hall–Kier alpha value is -1.68. The molecule has 0 aliphatic heterocycles. The number of aryl methyl sites for hydroxylation is 1. The smallest absolute Gasteiger partial charge is 0.209 e. The maximum Gasteiger partial charge on any atom is 0.209 e. The van der Waals surface area contributed by atoms with E-state index in [1.165, 1.54) is 6.07 Å². The molecule has 3 aromatic rings. The average Bonchev–Trinajstić information content (AvgIpc) is 3.10. The maximum absolute atomic E-state index is 13.8. The molecule has 29 heavy (non-hydrogen) atoms. The molecule has 0 aliphatic carbocycles. The highest BCUT2D eigenvalue weighted by molar-refractivity contribution is 9.10. The topological polar surface area (TPSA) is 64.9 Å². The van der Waals surface area contributed by atoms with E-state index in [1.54, 1.807) is 34.6 Å². The van der Waals surface area contributed by atoms with Crippen LogP contribution in [0.2, 0.25) is 0 Å².